The lowest BCUT2D eigenvalue weighted by atomic mass is 10.1. The third kappa shape index (κ3) is 1.96. The lowest BCUT2D eigenvalue weighted by Gasteiger charge is -2.10. The second-order valence-corrected chi connectivity index (χ2v) is 4.31. The fraction of sp³-hybridized carbons (Fsp3) is 0.600. The third-order valence-corrected chi connectivity index (χ3v) is 2.62. The van der Waals surface area contributed by atoms with E-state index in [1.54, 1.807) is 6.92 Å². The van der Waals surface area contributed by atoms with Crippen molar-refractivity contribution in [1.29, 1.82) is 0 Å². The van der Waals surface area contributed by atoms with Gasteiger partial charge in [-0.25, -0.2) is 0 Å². The van der Waals surface area contributed by atoms with Gasteiger partial charge in [-0.05, 0) is 34.4 Å². The van der Waals surface area contributed by atoms with Crippen molar-refractivity contribution < 1.29 is 5.11 Å². The minimum Gasteiger partial charge on any atom is -0.385 e. The molecular weight excluding hydrogens is 230 g/mol. The molecule has 1 rings (SSSR count). The molecule has 0 aliphatic rings. The maximum Gasteiger partial charge on any atom is 0.120 e. The second kappa shape index (κ2) is 3.57. The van der Waals surface area contributed by atoms with Crippen LogP contribution in [-0.2, 0) is 0 Å². The van der Waals surface area contributed by atoms with Crippen LogP contribution in [0.2, 0.25) is 0 Å². The van der Waals surface area contributed by atoms with Gasteiger partial charge in [0.15, 0.2) is 0 Å². The number of aliphatic hydroxyl groups is 1. The fourth-order valence-electron chi connectivity index (χ4n) is 0.611. The number of nitrogens with zero attached hydrogens (tertiary/aromatic N) is 2. The van der Waals surface area contributed by atoms with Gasteiger partial charge in [-0.3, -0.25) is 0 Å². The smallest absolute Gasteiger partial charge is 0.120 e. The van der Waals surface area contributed by atoms with E-state index in [4.69, 9.17) is 5.73 Å². The lowest BCUT2D eigenvalue weighted by Crippen LogP contribution is -2.24. The zero-order valence-corrected chi connectivity index (χ0v) is 8.26. The van der Waals surface area contributed by atoms with Crippen molar-refractivity contribution in [3.63, 3.8) is 0 Å². The van der Waals surface area contributed by atoms with E-state index in [1.165, 1.54) is 11.5 Å². The van der Waals surface area contributed by atoms with E-state index >= 15 is 0 Å². The standard InChI is InChI=1S/C5H8BrN3OS/c1-2(7)4(10)3-5(6)11-9-8-3/h2,4,10H,7H2,1H3. The monoisotopic (exact) mass is 237 g/mol. The van der Waals surface area contributed by atoms with E-state index in [-0.39, 0.29) is 6.04 Å². The number of nitrogens with two attached hydrogens (primary N) is 1. The molecule has 1 heterocycles. The molecule has 0 aromatic carbocycles. The van der Waals surface area contributed by atoms with Gasteiger partial charge in [-0.2, -0.15) is 0 Å². The highest BCUT2D eigenvalue weighted by atomic mass is 79.9. The Hall–Kier alpha value is -0.0400. The zero-order valence-electron chi connectivity index (χ0n) is 5.86. The predicted octanol–water partition coefficient (Wildman–Crippen LogP) is 0.681. The van der Waals surface area contributed by atoms with E-state index in [9.17, 15) is 5.11 Å². The van der Waals surface area contributed by atoms with Crippen molar-refractivity contribution in [2.75, 3.05) is 0 Å². The largest absolute Gasteiger partial charge is 0.385 e. The normalized spacial score (nSPS) is 16.4. The first-order valence-corrected chi connectivity index (χ1v) is 4.61. The van der Waals surface area contributed by atoms with Gasteiger partial charge in [0, 0.05) is 6.04 Å². The molecule has 0 aliphatic carbocycles. The fourth-order valence-corrected chi connectivity index (χ4v) is 1.57. The molecule has 0 saturated heterocycles. The highest BCUT2D eigenvalue weighted by molar-refractivity contribution is 9.11. The van der Waals surface area contributed by atoms with E-state index in [1.807, 2.05) is 0 Å². The Morgan fingerprint density at radius 3 is 2.73 bits per heavy atom. The van der Waals surface area contributed by atoms with Gasteiger partial charge in [-0.1, -0.05) is 4.49 Å². The van der Waals surface area contributed by atoms with Crippen LogP contribution < -0.4 is 5.73 Å². The molecule has 3 N–H and O–H groups in total. The van der Waals surface area contributed by atoms with Crippen LogP contribution in [0, 0.1) is 0 Å². The molecule has 11 heavy (non-hydrogen) atoms. The topological polar surface area (TPSA) is 72.0 Å². The van der Waals surface area contributed by atoms with Crippen LogP contribution in [0.1, 0.15) is 18.7 Å². The number of halogens is 1. The maximum atomic E-state index is 9.42. The zero-order chi connectivity index (χ0) is 8.43. The molecule has 0 fully saturated rings. The third-order valence-electron chi connectivity index (χ3n) is 1.25. The Labute approximate surface area is 76.7 Å². The first-order chi connectivity index (χ1) is 5.13. The van der Waals surface area contributed by atoms with Crippen LogP contribution in [0.25, 0.3) is 0 Å². The average molecular weight is 238 g/mol. The molecule has 6 heteroatoms. The van der Waals surface area contributed by atoms with Gasteiger partial charge in [0.1, 0.15) is 15.6 Å². The molecule has 0 saturated carbocycles. The number of aliphatic hydroxyl groups excluding tert-OH is 1. The van der Waals surface area contributed by atoms with E-state index in [0.717, 1.165) is 3.79 Å². The van der Waals surface area contributed by atoms with Gasteiger partial charge in [-0.15, -0.1) is 5.10 Å². The first-order valence-electron chi connectivity index (χ1n) is 3.04. The van der Waals surface area contributed by atoms with Crippen LogP contribution >= 0.6 is 27.5 Å². The second-order valence-electron chi connectivity index (χ2n) is 2.24. The van der Waals surface area contributed by atoms with Crippen LogP contribution in [0.5, 0.6) is 0 Å². The van der Waals surface area contributed by atoms with E-state index < -0.39 is 6.10 Å². The Bertz CT molecular complexity index is 239. The molecule has 0 spiro atoms. The van der Waals surface area contributed by atoms with E-state index in [0.29, 0.717) is 5.69 Å². The van der Waals surface area contributed by atoms with Gasteiger partial charge >= 0.3 is 0 Å². The summed E-state index contributed by atoms with van der Waals surface area (Å²) in [4.78, 5) is 0. The lowest BCUT2D eigenvalue weighted by molar-refractivity contribution is 0.148. The predicted molar refractivity (Wildman–Crippen MR) is 46.2 cm³/mol. The Morgan fingerprint density at radius 1 is 1.73 bits per heavy atom. The first kappa shape index (κ1) is 9.05. The van der Waals surface area contributed by atoms with Crippen LogP contribution in [0.3, 0.4) is 0 Å². The summed E-state index contributed by atoms with van der Waals surface area (Å²) in [6, 6.07) is -0.324. The molecule has 2 unspecified atom stereocenters. The van der Waals surface area contributed by atoms with Crippen molar-refractivity contribution in [2.45, 2.75) is 19.1 Å². The average Bonchev–Trinajstić information content (AvgIpc) is 2.33. The summed E-state index contributed by atoms with van der Waals surface area (Å²) in [5.74, 6) is 0. The Balaban J connectivity index is 2.84. The molecule has 2 atom stereocenters. The van der Waals surface area contributed by atoms with Crippen LogP contribution in [0.15, 0.2) is 3.79 Å². The minimum absolute atomic E-state index is 0.324. The van der Waals surface area contributed by atoms with Crippen molar-refractivity contribution in [2.24, 2.45) is 5.73 Å². The highest BCUT2D eigenvalue weighted by Gasteiger charge is 2.18. The molecule has 4 nitrogen and oxygen atoms in total. The molecule has 0 amide bonds. The summed E-state index contributed by atoms with van der Waals surface area (Å²) in [6.07, 6.45) is -0.733. The van der Waals surface area contributed by atoms with Crippen LogP contribution in [0.4, 0.5) is 0 Å². The quantitative estimate of drug-likeness (QED) is 0.794. The van der Waals surface area contributed by atoms with Gasteiger partial charge in [0.2, 0.25) is 0 Å². The Kier molecular flexibility index (Phi) is 2.94. The number of hydrogen-bond donors (Lipinski definition) is 2. The molecule has 0 aliphatic heterocycles. The summed E-state index contributed by atoms with van der Waals surface area (Å²) in [7, 11) is 0. The molecule has 0 bridgehead atoms. The summed E-state index contributed by atoms with van der Waals surface area (Å²) in [5, 5.41) is 13.1. The van der Waals surface area contributed by atoms with Crippen molar-refractivity contribution in [1.82, 2.24) is 9.59 Å². The van der Waals surface area contributed by atoms with Gasteiger partial charge < -0.3 is 10.8 Å². The van der Waals surface area contributed by atoms with Gasteiger partial charge in [0.05, 0.1) is 0 Å². The van der Waals surface area contributed by atoms with Gasteiger partial charge in [0.25, 0.3) is 0 Å². The SMILES string of the molecule is CC(N)C(O)c1nnsc1Br. The minimum atomic E-state index is -0.733. The van der Waals surface area contributed by atoms with Crippen LogP contribution in [-0.4, -0.2) is 20.7 Å². The van der Waals surface area contributed by atoms with Crippen molar-refractivity contribution in [3.05, 3.63) is 9.48 Å². The summed E-state index contributed by atoms with van der Waals surface area (Å²) in [6.45, 7) is 1.72. The summed E-state index contributed by atoms with van der Waals surface area (Å²) >= 11 is 4.40. The Morgan fingerprint density at radius 2 is 2.36 bits per heavy atom. The number of aromatic nitrogens is 2. The van der Waals surface area contributed by atoms with E-state index in [2.05, 4.69) is 25.5 Å². The molecule has 0 radical (unpaired) electrons. The van der Waals surface area contributed by atoms with Crippen molar-refractivity contribution in [3.8, 4) is 0 Å². The summed E-state index contributed by atoms with van der Waals surface area (Å²) < 4.78 is 4.39. The number of rotatable bonds is 2. The maximum absolute atomic E-state index is 9.42. The molecule has 1 aromatic rings. The molecule has 1 aromatic heterocycles. The highest BCUT2D eigenvalue weighted by Crippen LogP contribution is 2.25. The number of hydrogen-bond acceptors (Lipinski definition) is 5. The summed E-state index contributed by atoms with van der Waals surface area (Å²) in [5.41, 5.74) is 5.98. The molecular formula is C5H8BrN3OS. The van der Waals surface area contributed by atoms with Crippen molar-refractivity contribution >= 4 is 27.5 Å². The molecule has 62 valence electrons.